The minimum absolute atomic E-state index is 0.174. The van der Waals surface area contributed by atoms with Crippen LogP contribution in [0, 0.1) is 0 Å². The van der Waals surface area contributed by atoms with Crippen LogP contribution >= 0.6 is 0 Å². The van der Waals surface area contributed by atoms with E-state index in [0.717, 1.165) is 17.6 Å². The molecule has 0 amide bonds. The van der Waals surface area contributed by atoms with Gasteiger partial charge in [-0.2, -0.15) is 0 Å². The van der Waals surface area contributed by atoms with Crippen LogP contribution in [0.4, 0.5) is 4.79 Å². The van der Waals surface area contributed by atoms with Crippen LogP contribution in [-0.2, 0) is 25.5 Å². The SMILES string of the molecule is COC(=O)OCCOCCOCCn1cnc2ccccc21. The molecule has 0 aliphatic rings. The first-order chi connectivity index (χ1) is 10.8. The van der Waals surface area contributed by atoms with E-state index in [1.54, 1.807) is 0 Å². The number of nitrogens with zero attached hydrogens (tertiary/aromatic N) is 2. The van der Waals surface area contributed by atoms with Gasteiger partial charge < -0.3 is 23.5 Å². The van der Waals surface area contributed by atoms with Crippen molar-refractivity contribution >= 4 is 17.2 Å². The minimum Gasteiger partial charge on any atom is -0.438 e. The van der Waals surface area contributed by atoms with Crippen LogP contribution in [-0.4, -0.2) is 55.9 Å². The normalized spacial score (nSPS) is 10.8. The van der Waals surface area contributed by atoms with Crippen molar-refractivity contribution in [3.05, 3.63) is 30.6 Å². The first-order valence-corrected chi connectivity index (χ1v) is 7.07. The molecule has 120 valence electrons. The van der Waals surface area contributed by atoms with E-state index in [0.29, 0.717) is 26.4 Å². The van der Waals surface area contributed by atoms with Gasteiger partial charge in [0.05, 0.1) is 50.9 Å². The maximum atomic E-state index is 10.7. The van der Waals surface area contributed by atoms with Gasteiger partial charge in [-0.05, 0) is 12.1 Å². The largest absolute Gasteiger partial charge is 0.508 e. The van der Waals surface area contributed by atoms with Crippen molar-refractivity contribution < 1.29 is 23.7 Å². The number of para-hydroxylation sites is 2. The molecule has 1 heterocycles. The summed E-state index contributed by atoms with van der Waals surface area (Å²) in [5, 5.41) is 0. The molecule has 0 radical (unpaired) electrons. The van der Waals surface area contributed by atoms with Crippen LogP contribution in [0.1, 0.15) is 0 Å². The number of rotatable bonds is 9. The summed E-state index contributed by atoms with van der Waals surface area (Å²) in [5.74, 6) is 0. The van der Waals surface area contributed by atoms with Crippen molar-refractivity contribution in [1.29, 1.82) is 0 Å². The fourth-order valence-electron chi connectivity index (χ4n) is 1.92. The molecule has 1 aromatic carbocycles. The van der Waals surface area contributed by atoms with E-state index >= 15 is 0 Å². The Morgan fingerprint density at radius 3 is 2.64 bits per heavy atom. The summed E-state index contributed by atoms with van der Waals surface area (Å²) in [5.41, 5.74) is 2.08. The van der Waals surface area contributed by atoms with Gasteiger partial charge in [-0.1, -0.05) is 12.1 Å². The van der Waals surface area contributed by atoms with E-state index in [1.807, 2.05) is 30.6 Å². The first kappa shape index (κ1) is 16.3. The highest BCUT2D eigenvalue weighted by Gasteiger charge is 2.01. The summed E-state index contributed by atoms with van der Waals surface area (Å²) in [6.07, 6.45) is 1.11. The monoisotopic (exact) mass is 308 g/mol. The molecule has 0 aliphatic carbocycles. The van der Waals surface area contributed by atoms with Gasteiger partial charge in [-0.25, -0.2) is 9.78 Å². The highest BCUT2D eigenvalue weighted by Crippen LogP contribution is 2.11. The Hall–Kier alpha value is -2.12. The molecule has 22 heavy (non-hydrogen) atoms. The lowest BCUT2D eigenvalue weighted by Crippen LogP contribution is -2.13. The van der Waals surface area contributed by atoms with Gasteiger partial charge in [0, 0.05) is 6.54 Å². The second kappa shape index (κ2) is 9.01. The standard InChI is InChI=1S/C15H20N2O5/c1-19-15(18)22-11-10-21-9-8-20-7-6-17-12-16-13-4-2-3-5-14(13)17/h2-5,12H,6-11H2,1H3. The Kier molecular flexibility index (Phi) is 6.66. The summed E-state index contributed by atoms with van der Waals surface area (Å²) in [7, 11) is 1.26. The third-order valence-corrected chi connectivity index (χ3v) is 2.99. The quantitative estimate of drug-likeness (QED) is 0.520. The van der Waals surface area contributed by atoms with Crippen molar-refractivity contribution in [2.75, 3.05) is 40.1 Å². The Morgan fingerprint density at radius 2 is 1.82 bits per heavy atom. The molecular formula is C15H20N2O5. The van der Waals surface area contributed by atoms with Crippen LogP contribution in [0.25, 0.3) is 11.0 Å². The van der Waals surface area contributed by atoms with Gasteiger partial charge in [0.2, 0.25) is 0 Å². The molecule has 0 saturated heterocycles. The summed E-state index contributed by atoms with van der Waals surface area (Å²) in [4.78, 5) is 15.0. The maximum Gasteiger partial charge on any atom is 0.508 e. The first-order valence-electron chi connectivity index (χ1n) is 7.07. The molecule has 0 fully saturated rings. The molecule has 2 rings (SSSR count). The Morgan fingerprint density at radius 1 is 1.09 bits per heavy atom. The summed E-state index contributed by atoms with van der Waals surface area (Å²) in [6.45, 7) is 2.77. The number of methoxy groups -OCH3 is 1. The number of hydrogen-bond acceptors (Lipinski definition) is 6. The zero-order valence-corrected chi connectivity index (χ0v) is 12.6. The Bertz CT molecular complexity index is 584. The van der Waals surface area contributed by atoms with Gasteiger partial charge in [-0.3, -0.25) is 0 Å². The fourth-order valence-corrected chi connectivity index (χ4v) is 1.92. The lowest BCUT2D eigenvalue weighted by atomic mass is 10.3. The van der Waals surface area contributed by atoms with E-state index in [2.05, 4.69) is 19.0 Å². The lowest BCUT2D eigenvalue weighted by Gasteiger charge is -2.07. The van der Waals surface area contributed by atoms with Crippen LogP contribution in [0.2, 0.25) is 0 Å². The molecule has 0 spiro atoms. The molecular weight excluding hydrogens is 288 g/mol. The van der Waals surface area contributed by atoms with Crippen molar-refractivity contribution in [3.8, 4) is 0 Å². The Balaban J connectivity index is 1.52. The molecule has 2 aromatic rings. The van der Waals surface area contributed by atoms with Crippen molar-refractivity contribution in [2.45, 2.75) is 6.54 Å². The van der Waals surface area contributed by atoms with Crippen LogP contribution in [0.15, 0.2) is 30.6 Å². The molecule has 0 saturated carbocycles. The molecule has 1 aromatic heterocycles. The number of benzene rings is 1. The average Bonchev–Trinajstić information content (AvgIpc) is 2.96. The number of carbonyl (C=O) groups is 1. The van der Waals surface area contributed by atoms with Crippen molar-refractivity contribution in [3.63, 3.8) is 0 Å². The van der Waals surface area contributed by atoms with E-state index < -0.39 is 6.16 Å². The summed E-state index contributed by atoms with van der Waals surface area (Å²) >= 11 is 0. The number of aromatic nitrogens is 2. The molecule has 0 atom stereocenters. The van der Waals surface area contributed by atoms with Gasteiger partial charge in [0.15, 0.2) is 0 Å². The van der Waals surface area contributed by atoms with E-state index in [9.17, 15) is 4.79 Å². The number of ether oxygens (including phenoxy) is 4. The molecule has 0 N–H and O–H groups in total. The third-order valence-electron chi connectivity index (χ3n) is 2.99. The molecule has 0 bridgehead atoms. The zero-order valence-electron chi connectivity index (χ0n) is 12.6. The van der Waals surface area contributed by atoms with Crippen LogP contribution < -0.4 is 0 Å². The van der Waals surface area contributed by atoms with Crippen LogP contribution in [0.3, 0.4) is 0 Å². The third kappa shape index (κ3) is 5.01. The van der Waals surface area contributed by atoms with Gasteiger partial charge >= 0.3 is 6.16 Å². The summed E-state index contributed by atoms with van der Waals surface area (Å²) < 4.78 is 21.8. The van der Waals surface area contributed by atoms with Crippen LogP contribution in [0.5, 0.6) is 0 Å². The topological polar surface area (TPSA) is 71.8 Å². The summed E-state index contributed by atoms with van der Waals surface area (Å²) in [6, 6.07) is 7.98. The van der Waals surface area contributed by atoms with Gasteiger partial charge in [0.25, 0.3) is 0 Å². The molecule has 0 unspecified atom stereocenters. The number of fused-ring (bicyclic) bond motifs is 1. The second-order valence-corrected chi connectivity index (χ2v) is 4.45. The predicted octanol–water partition coefficient (Wildman–Crippen LogP) is 1.85. The van der Waals surface area contributed by atoms with E-state index in [-0.39, 0.29) is 6.61 Å². The maximum absolute atomic E-state index is 10.7. The van der Waals surface area contributed by atoms with Gasteiger partial charge in [-0.15, -0.1) is 0 Å². The Labute approximate surface area is 128 Å². The minimum atomic E-state index is -0.701. The highest BCUT2D eigenvalue weighted by atomic mass is 16.7. The smallest absolute Gasteiger partial charge is 0.438 e. The molecule has 7 nitrogen and oxygen atoms in total. The average molecular weight is 308 g/mol. The zero-order chi connectivity index (χ0) is 15.6. The number of carbonyl (C=O) groups excluding carboxylic acids is 1. The number of imidazole rings is 1. The van der Waals surface area contributed by atoms with E-state index in [4.69, 9.17) is 9.47 Å². The van der Waals surface area contributed by atoms with Crippen molar-refractivity contribution in [2.24, 2.45) is 0 Å². The molecule has 7 heteroatoms. The van der Waals surface area contributed by atoms with Crippen molar-refractivity contribution in [1.82, 2.24) is 9.55 Å². The van der Waals surface area contributed by atoms with E-state index in [1.165, 1.54) is 7.11 Å². The highest BCUT2D eigenvalue weighted by molar-refractivity contribution is 5.74. The number of hydrogen-bond donors (Lipinski definition) is 0. The fraction of sp³-hybridized carbons (Fsp3) is 0.467. The second-order valence-electron chi connectivity index (χ2n) is 4.45. The predicted molar refractivity (Wildman–Crippen MR) is 79.7 cm³/mol. The lowest BCUT2D eigenvalue weighted by molar-refractivity contribution is 0.0133. The molecule has 0 aliphatic heterocycles. The van der Waals surface area contributed by atoms with Gasteiger partial charge in [0.1, 0.15) is 6.61 Å².